The molecule has 0 unspecified atom stereocenters. The lowest BCUT2D eigenvalue weighted by atomic mass is 9.33. The minimum Gasteiger partial charge on any atom is -0.481 e. The second-order valence-corrected chi connectivity index (χ2v) is 22.8. The lowest BCUT2D eigenvalue weighted by Gasteiger charge is -2.71. The Morgan fingerprint density at radius 3 is 1.87 bits per heavy atom. The van der Waals surface area contributed by atoms with E-state index >= 15 is 4.79 Å². The number of allylic oxidation sites excluding steroid dienone is 1. The highest BCUT2D eigenvalue weighted by Gasteiger charge is 2.74. The minimum absolute atomic E-state index is 0.0227. The normalized spacial score (nSPS) is 54.0. The molecule has 67 heavy (non-hydrogen) atoms. The Labute approximate surface area is 391 Å². The molecule has 19 nitrogen and oxygen atoms in total. The second kappa shape index (κ2) is 18.3. The first-order valence-corrected chi connectivity index (χ1v) is 24.5. The molecule has 0 aromatic heterocycles. The van der Waals surface area contributed by atoms with Crippen molar-refractivity contribution < 1.29 is 94.2 Å². The summed E-state index contributed by atoms with van der Waals surface area (Å²) in [6, 6.07) is 0. The summed E-state index contributed by atoms with van der Waals surface area (Å²) in [4.78, 5) is 29.1. The third-order valence-electron chi connectivity index (χ3n) is 19.4. The molecule has 19 heteroatoms. The van der Waals surface area contributed by atoms with Gasteiger partial charge in [0.1, 0.15) is 67.1 Å². The largest absolute Gasteiger partial charge is 0.481 e. The van der Waals surface area contributed by atoms with E-state index in [1.807, 2.05) is 0 Å². The summed E-state index contributed by atoms with van der Waals surface area (Å²) in [6.07, 6.45) is -17.1. The van der Waals surface area contributed by atoms with E-state index in [1.165, 1.54) is 0 Å². The number of fused-ring (bicyclic) bond motifs is 7. The molecule has 0 spiro atoms. The van der Waals surface area contributed by atoms with Crippen molar-refractivity contribution in [2.45, 2.75) is 204 Å². The Morgan fingerprint density at radius 1 is 0.657 bits per heavy atom. The Bertz CT molecular complexity index is 1860. The number of carboxylic acids is 1. The van der Waals surface area contributed by atoms with Crippen LogP contribution in [0.25, 0.3) is 0 Å². The van der Waals surface area contributed by atoms with Crippen LogP contribution in [0.5, 0.6) is 0 Å². The molecule has 382 valence electrons. The number of carbonyl (C=O) groups excluding carboxylic acids is 1. The molecule has 3 heterocycles. The maximum atomic E-state index is 15.6. The van der Waals surface area contributed by atoms with Gasteiger partial charge in [0.2, 0.25) is 6.29 Å². The summed E-state index contributed by atoms with van der Waals surface area (Å²) in [6.45, 7) is 12.9. The van der Waals surface area contributed by atoms with Gasteiger partial charge in [0.15, 0.2) is 12.6 Å². The topological polar surface area (TPSA) is 312 Å². The van der Waals surface area contributed by atoms with Gasteiger partial charge in [-0.25, -0.2) is 0 Å². The number of aliphatic hydroxyl groups excluding tert-OH is 10. The zero-order valence-corrected chi connectivity index (χ0v) is 39.7. The third kappa shape index (κ3) is 7.70. The number of hydrogen-bond donors (Lipinski definition) is 11. The maximum Gasteiger partial charge on any atom is 0.319 e. The molecule has 8 rings (SSSR count). The summed E-state index contributed by atoms with van der Waals surface area (Å²) in [5, 5.41) is 117. The number of carbonyl (C=O) groups is 2. The number of hydrogen-bond acceptors (Lipinski definition) is 18. The summed E-state index contributed by atoms with van der Waals surface area (Å²) in [5.74, 6) is -2.19. The molecular weight excluding hydrogens is 881 g/mol. The van der Waals surface area contributed by atoms with Crippen LogP contribution in [-0.4, -0.2) is 180 Å². The zero-order valence-electron chi connectivity index (χ0n) is 39.7. The van der Waals surface area contributed by atoms with Gasteiger partial charge in [-0.05, 0) is 111 Å². The SMILES string of the molecule is C[C@H]1[C@H](C)CC[C@]2(C(=O)O)CC[C@]3(C(=O)O[C@@H]4O[C@H](CO)[C@@H](O)[C@H](O)[C@H]4O)C(=CC[C@@H]4[C@@]5(C)CC[C@H](O[C@@H]6O[C@@H](C)[C@H](O)[C@@H](O[C@@H]7O[C@H](CO)[C@@H](O)[C@H](O)[C@H]7O)[C@H]6O)C(C)(C)[C@H]5CC[C@]43C)[C@@H]12. The van der Waals surface area contributed by atoms with Crippen LogP contribution in [0.15, 0.2) is 11.6 Å². The zero-order chi connectivity index (χ0) is 49.1. The van der Waals surface area contributed by atoms with Gasteiger partial charge in [0.05, 0.1) is 36.3 Å². The quantitative estimate of drug-likeness (QED) is 0.0829. The lowest BCUT2D eigenvalue weighted by Crippen LogP contribution is -2.69. The first-order chi connectivity index (χ1) is 31.4. The van der Waals surface area contributed by atoms with Crippen LogP contribution in [0, 0.1) is 56.7 Å². The average Bonchev–Trinajstić information content (AvgIpc) is 3.28. The third-order valence-corrected chi connectivity index (χ3v) is 19.4. The first-order valence-electron chi connectivity index (χ1n) is 24.5. The maximum absolute atomic E-state index is 15.6. The molecule has 25 atom stereocenters. The Morgan fingerprint density at radius 2 is 1.25 bits per heavy atom. The molecule has 7 fully saturated rings. The highest BCUT2D eigenvalue weighted by atomic mass is 16.7. The van der Waals surface area contributed by atoms with Gasteiger partial charge in [0, 0.05) is 0 Å². The van der Waals surface area contributed by atoms with Gasteiger partial charge in [-0.1, -0.05) is 53.2 Å². The van der Waals surface area contributed by atoms with Crippen LogP contribution in [0.4, 0.5) is 0 Å². The predicted octanol–water partition coefficient (Wildman–Crippen LogP) is 0.0887. The summed E-state index contributed by atoms with van der Waals surface area (Å²) < 4.78 is 36.2. The Hall–Kier alpha value is -1.92. The van der Waals surface area contributed by atoms with E-state index in [1.54, 1.807) is 6.92 Å². The van der Waals surface area contributed by atoms with E-state index in [-0.39, 0.29) is 36.5 Å². The van der Waals surface area contributed by atoms with Crippen molar-refractivity contribution in [3.8, 4) is 0 Å². The number of carboxylic acid groups (broad SMARTS) is 1. The summed E-state index contributed by atoms with van der Waals surface area (Å²) >= 11 is 0. The molecule has 0 bridgehead atoms. The molecule has 4 saturated carbocycles. The monoisotopic (exact) mass is 956 g/mol. The van der Waals surface area contributed by atoms with Gasteiger partial charge in [-0.15, -0.1) is 0 Å². The van der Waals surface area contributed by atoms with Crippen molar-refractivity contribution in [1.29, 1.82) is 0 Å². The van der Waals surface area contributed by atoms with Gasteiger partial charge in [0.25, 0.3) is 0 Å². The van der Waals surface area contributed by atoms with Crippen LogP contribution in [-0.2, 0) is 38.0 Å². The van der Waals surface area contributed by atoms with Gasteiger partial charge < -0.3 is 84.6 Å². The van der Waals surface area contributed by atoms with Crippen LogP contribution < -0.4 is 0 Å². The lowest BCUT2D eigenvalue weighted by molar-refractivity contribution is -0.366. The van der Waals surface area contributed by atoms with Crippen molar-refractivity contribution >= 4 is 11.9 Å². The van der Waals surface area contributed by atoms with Crippen LogP contribution in [0.2, 0.25) is 0 Å². The number of rotatable bonds is 9. The molecule has 8 aliphatic rings. The molecule has 0 aromatic carbocycles. The average molecular weight is 957 g/mol. The standard InChI is InChI=1S/C48H76O19/c1-20-10-15-47(42(59)60)16-17-48(43(61)67-40-36(57)34(55)32(53)25(19-50)64-40)23(29(47)21(20)2)8-9-27-45(6)13-12-28(44(4,5)26(45)11-14-46(27,48)7)65-41-37(58)38(30(51)22(3)62-41)66-39-35(56)33(54)31(52)24(18-49)63-39/h8,20-22,24-41,49-58H,9-19H2,1-7H3,(H,59,60)/t20-,21+,22+,24-,25-,26-,27-,28+,29-,30+,31-,32-,33+,34+,35-,36-,37-,38-,39+,40+,41+,45+,46-,47+,48-/m1/s1. The van der Waals surface area contributed by atoms with Crippen molar-refractivity contribution in [1.82, 2.24) is 0 Å². The predicted molar refractivity (Wildman–Crippen MR) is 231 cm³/mol. The van der Waals surface area contributed by atoms with Crippen molar-refractivity contribution in [3.63, 3.8) is 0 Å². The molecule has 0 aromatic rings. The molecule has 5 aliphatic carbocycles. The van der Waals surface area contributed by atoms with Gasteiger partial charge in [-0.2, -0.15) is 0 Å². The van der Waals surface area contributed by atoms with Crippen molar-refractivity contribution in [2.75, 3.05) is 13.2 Å². The number of aliphatic hydroxyl groups is 10. The summed E-state index contributed by atoms with van der Waals surface area (Å²) in [5.41, 5.74) is -3.58. The first kappa shape index (κ1) is 51.4. The van der Waals surface area contributed by atoms with Crippen molar-refractivity contribution in [2.24, 2.45) is 56.7 Å². The minimum atomic E-state index is -1.83. The second-order valence-electron chi connectivity index (χ2n) is 22.8. The Kier molecular flexibility index (Phi) is 14.0. The molecule has 3 aliphatic heterocycles. The fourth-order valence-corrected chi connectivity index (χ4v) is 15.3. The van der Waals surface area contributed by atoms with Gasteiger partial charge >= 0.3 is 11.9 Å². The van der Waals surface area contributed by atoms with Crippen LogP contribution >= 0.6 is 0 Å². The molecule has 0 radical (unpaired) electrons. The van der Waals surface area contributed by atoms with E-state index < -0.39 is 156 Å². The highest BCUT2D eigenvalue weighted by molar-refractivity contribution is 5.85. The highest BCUT2D eigenvalue weighted by Crippen LogP contribution is 2.76. The molecule has 11 N–H and O–H groups in total. The molecular formula is C48H76O19. The van der Waals surface area contributed by atoms with Crippen LogP contribution in [0.3, 0.4) is 0 Å². The number of aliphatic carboxylic acids is 1. The fourth-order valence-electron chi connectivity index (χ4n) is 15.3. The van der Waals surface area contributed by atoms with E-state index in [4.69, 9.17) is 28.4 Å². The number of ether oxygens (including phenoxy) is 6. The molecule has 3 saturated heterocycles. The van der Waals surface area contributed by atoms with E-state index in [0.717, 1.165) is 12.0 Å². The van der Waals surface area contributed by atoms with Crippen LogP contribution in [0.1, 0.15) is 106 Å². The molecule has 0 amide bonds. The summed E-state index contributed by atoms with van der Waals surface area (Å²) in [7, 11) is 0. The fraction of sp³-hybridized carbons (Fsp3) is 0.917. The number of esters is 1. The van der Waals surface area contributed by atoms with E-state index in [2.05, 4.69) is 47.6 Å². The van der Waals surface area contributed by atoms with E-state index in [9.17, 15) is 61.0 Å². The smallest absolute Gasteiger partial charge is 0.319 e. The van der Waals surface area contributed by atoms with Crippen molar-refractivity contribution in [3.05, 3.63) is 11.6 Å². The van der Waals surface area contributed by atoms with E-state index in [0.29, 0.717) is 38.5 Å². The Balaban J connectivity index is 1.10. The van der Waals surface area contributed by atoms with Gasteiger partial charge in [-0.3, -0.25) is 9.59 Å².